The summed E-state index contributed by atoms with van der Waals surface area (Å²) < 4.78 is 0. The van der Waals surface area contributed by atoms with E-state index in [4.69, 9.17) is 5.26 Å². The van der Waals surface area contributed by atoms with Crippen molar-refractivity contribution < 1.29 is 9.90 Å². The van der Waals surface area contributed by atoms with Gasteiger partial charge in [0.05, 0.1) is 12.2 Å². The topological polar surface area (TPSA) is 111 Å². The highest BCUT2D eigenvalue weighted by Gasteiger charge is 2.27. The molecule has 0 bridgehead atoms. The number of amides is 1. The molecule has 34 heavy (non-hydrogen) atoms. The molecule has 1 aliphatic carbocycles. The third-order valence-corrected chi connectivity index (χ3v) is 7.01. The lowest BCUT2D eigenvalue weighted by Gasteiger charge is -2.36. The number of carbonyl (C=O) groups excluding carboxylic acids is 1. The number of hydrazine groups is 1. The Balaban J connectivity index is 1.34. The van der Waals surface area contributed by atoms with Gasteiger partial charge in [0.15, 0.2) is 0 Å². The Bertz CT molecular complexity index is 1130. The van der Waals surface area contributed by atoms with Gasteiger partial charge >= 0.3 is 0 Å². The molecule has 0 spiro atoms. The molecule has 3 aliphatic rings. The van der Waals surface area contributed by atoms with E-state index in [9.17, 15) is 9.90 Å². The van der Waals surface area contributed by atoms with E-state index >= 15 is 0 Å². The van der Waals surface area contributed by atoms with Gasteiger partial charge in [-0.1, -0.05) is 6.07 Å². The highest BCUT2D eigenvalue weighted by atomic mass is 16.3. The third kappa shape index (κ3) is 4.65. The highest BCUT2D eigenvalue weighted by Crippen LogP contribution is 2.33. The zero-order valence-electron chi connectivity index (χ0n) is 19.2. The number of hydrogen-bond acceptors (Lipinski definition) is 7. The molecule has 2 fully saturated rings. The Morgan fingerprint density at radius 3 is 2.91 bits per heavy atom. The Labute approximate surface area is 199 Å². The predicted octanol–water partition coefficient (Wildman–Crippen LogP) is 2.44. The van der Waals surface area contributed by atoms with E-state index < -0.39 is 0 Å². The fraction of sp³-hybridized carbons (Fsp3) is 0.480. The average molecular weight is 462 g/mol. The van der Waals surface area contributed by atoms with Crippen LogP contribution in [0.1, 0.15) is 43.8 Å². The van der Waals surface area contributed by atoms with Gasteiger partial charge in [0, 0.05) is 60.7 Å². The summed E-state index contributed by atoms with van der Waals surface area (Å²) >= 11 is 0. The highest BCUT2D eigenvalue weighted by molar-refractivity contribution is 5.93. The maximum atomic E-state index is 12.1. The number of rotatable bonds is 5. The number of nitriles is 1. The number of aromatic amines is 1. The van der Waals surface area contributed by atoms with E-state index in [1.165, 1.54) is 0 Å². The van der Waals surface area contributed by atoms with Crippen molar-refractivity contribution >= 4 is 28.8 Å². The number of carbonyl (C=O) groups is 1. The maximum absolute atomic E-state index is 12.1. The van der Waals surface area contributed by atoms with Crippen molar-refractivity contribution in [3.8, 4) is 6.07 Å². The number of aliphatic hydroxyl groups excluding tert-OH is 1. The van der Waals surface area contributed by atoms with E-state index in [1.807, 2.05) is 23.6 Å². The van der Waals surface area contributed by atoms with Crippen LogP contribution in [0.2, 0.25) is 0 Å². The van der Waals surface area contributed by atoms with Crippen LogP contribution >= 0.6 is 0 Å². The molecule has 0 radical (unpaired) electrons. The van der Waals surface area contributed by atoms with Crippen molar-refractivity contribution in [2.24, 2.45) is 4.99 Å². The lowest BCUT2D eigenvalue weighted by Crippen LogP contribution is -2.48. The van der Waals surface area contributed by atoms with Crippen LogP contribution in [0.25, 0.3) is 10.9 Å². The van der Waals surface area contributed by atoms with Crippen molar-refractivity contribution in [2.45, 2.75) is 50.3 Å². The molecule has 1 unspecified atom stereocenters. The first kappa shape index (κ1) is 22.4. The van der Waals surface area contributed by atoms with Gasteiger partial charge in [-0.05, 0) is 50.0 Å². The Morgan fingerprint density at radius 1 is 1.26 bits per heavy atom. The van der Waals surface area contributed by atoms with E-state index in [2.05, 4.69) is 50.6 Å². The van der Waals surface area contributed by atoms with Gasteiger partial charge in [-0.25, -0.2) is 10.4 Å². The molecule has 5 rings (SSSR count). The smallest absolute Gasteiger partial charge is 0.236 e. The molecule has 2 aromatic rings. The normalized spacial score (nSPS) is 25.1. The minimum absolute atomic E-state index is 0.0303. The van der Waals surface area contributed by atoms with Crippen molar-refractivity contribution in [1.82, 2.24) is 20.3 Å². The summed E-state index contributed by atoms with van der Waals surface area (Å²) in [6.07, 6.45) is 9.09. The number of hydrogen-bond donors (Lipinski definition) is 3. The molecule has 1 aromatic carbocycles. The van der Waals surface area contributed by atoms with Gasteiger partial charge < -0.3 is 19.9 Å². The molecule has 1 aromatic heterocycles. The quantitative estimate of drug-likeness (QED) is 0.631. The minimum Gasteiger partial charge on any atom is -0.393 e. The van der Waals surface area contributed by atoms with Crippen molar-refractivity contribution in [3.05, 3.63) is 42.2 Å². The largest absolute Gasteiger partial charge is 0.393 e. The van der Waals surface area contributed by atoms with Gasteiger partial charge in [0.25, 0.3) is 0 Å². The molecule has 2 aliphatic heterocycles. The predicted molar refractivity (Wildman–Crippen MR) is 131 cm³/mol. The first-order valence-corrected chi connectivity index (χ1v) is 12.1. The Hall–Kier alpha value is -3.35. The number of piperazine rings is 1. The number of aromatic nitrogens is 1. The number of H-pyrrole nitrogens is 1. The van der Waals surface area contributed by atoms with E-state index in [1.54, 1.807) is 4.90 Å². The number of anilines is 1. The summed E-state index contributed by atoms with van der Waals surface area (Å²) in [6.45, 7) is 2.73. The molecule has 178 valence electrons. The molecule has 1 saturated heterocycles. The van der Waals surface area contributed by atoms with Gasteiger partial charge in [0.1, 0.15) is 18.8 Å². The summed E-state index contributed by atoms with van der Waals surface area (Å²) in [5.41, 5.74) is 6.85. The van der Waals surface area contributed by atoms with Crippen LogP contribution in [0.15, 0.2) is 41.5 Å². The zero-order valence-corrected chi connectivity index (χ0v) is 19.2. The monoisotopic (exact) mass is 461 g/mol. The summed E-state index contributed by atoms with van der Waals surface area (Å²) in [7, 11) is 0. The van der Waals surface area contributed by atoms with Crippen molar-refractivity contribution in [1.29, 1.82) is 5.26 Å². The molecule has 1 saturated carbocycles. The zero-order chi connectivity index (χ0) is 23.5. The van der Waals surface area contributed by atoms with Crippen molar-refractivity contribution in [2.75, 3.05) is 31.1 Å². The van der Waals surface area contributed by atoms with E-state index in [0.29, 0.717) is 13.1 Å². The third-order valence-electron chi connectivity index (χ3n) is 7.01. The molecule has 9 nitrogen and oxygen atoms in total. The van der Waals surface area contributed by atoms with Crippen LogP contribution < -0.4 is 10.3 Å². The van der Waals surface area contributed by atoms with Crippen LogP contribution in [0, 0.1) is 11.3 Å². The lowest BCUT2D eigenvalue weighted by molar-refractivity contribution is -0.130. The second-order valence-electron chi connectivity index (χ2n) is 9.27. The molecular formula is C25H31N7O2. The number of fused-ring (bicyclic) bond motifs is 1. The fourth-order valence-corrected chi connectivity index (χ4v) is 5.24. The van der Waals surface area contributed by atoms with Crippen LogP contribution in [0.3, 0.4) is 0 Å². The van der Waals surface area contributed by atoms with Gasteiger partial charge in [-0.15, -0.1) is 0 Å². The number of benzene rings is 1. The second-order valence-corrected chi connectivity index (χ2v) is 9.27. The second kappa shape index (κ2) is 9.87. The lowest BCUT2D eigenvalue weighted by atomic mass is 9.93. The van der Waals surface area contributed by atoms with Gasteiger partial charge in [-0.3, -0.25) is 9.80 Å². The SMILES string of the molecule is N#CCC(=O)N1CCN(c2cccc3[nH]c(C4C=CN=CN4N[C@H]4CCC[C@H](O)C4)cc23)CC1. The molecule has 3 atom stereocenters. The Kier molecular flexibility index (Phi) is 6.52. The molecular weight excluding hydrogens is 430 g/mol. The summed E-state index contributed by atoms with van der Waals surface area (Å²) in [4.78, 5) is 24.1. The Morgan fingerprint density at radius 2 is 2.12 bits per heavy atom. The van der Waals surface area contributed by atoms with Gasteiger partial charge in [0.2, 0.25) is 5.91 Å². The molecule has 3 N–H and O–H groups in total. The van der Waals surface area contributed by atoms with Crippen LogP contribution in [-0.4, -0.2) is 70.6 Å². The summed E-state index contributed by atoms with van der Waals surface area (Å²) in [6, 6.07) is 10.6. The standard InChI is InChI=1S/C25H31N7O2/c26-9-7-25(34)31-13-11-30(12-14-31)23-6-2-5-21-20(23)16-22(28-21)24-8-10-27-17-32(24)29-18-3-1-4-19(33)15-18/h2,5-6,8,10,16-19,24,28-29,33H,1,3-4,7,11-15H2/t18-,19-,24?/m0/s1. The van der Waals surface area contributed by atoms with Crippen molar-refractivity contribution in [3.63, 3.8) is 0 Å². The van der Waals surface area contributed by atoms with Gasteiger partial charge in [-0.2, -0.15) is 5.26 Å². The number of aliphatic hydroxyl groups is 1. The number of nitrogens with one attached hydrogen (secondary N) is 2. The average Bonchev–Trinajstić information content (AvgIpc) is 3.29. The first-order chi connectivity index (χ1) is 16.6. The molecule has 1 amide bonds. The van der Waals surface area contributed by atoms with Crippen LogP contribution in [0.5, 0.6) is 0 Å². The van der Waals surface area contributed by atoms with E-state index in [-0.39, 0.29) is 30.5 Å². The van der Waals surface area contributed by atoms with E-state index in [0.717, 1.165) is 61.1 Å². The summed E-state index contributed by atoms with van der Waals surface area (Å²) in [5.74, 6) is -0.0897. The maximum Gasteiger partial charge on any atom is 0.236 e. The first-order valence-electron chi connectivity index (χ1n) is 12.1. The van der Waals surface area contributed by atoms with Crippen LogP contribution in [0.4, 0.5) is 5.69 Å². The minimum atomic E-state index is -0.242. The number of aliphatic imine (C=N–C) groups is 1. The summed E-state index contributed by atoms with van der Waals surface area (Å²) in [5, 5.41) is 22.1. The molecule has 9 heteroatoms. The molecule has 3 heterocycles. The fourth-order valence-electron chi connectivity index (χ4n) is 5.24. The number of nitrogens with zero attached hydrogens (tertiary/aromatic N) is 5. The van der Waals surface area contributed by atoms with Crippen LogP contribution in [-0.2, 0) is 4.79 Å².